The van der Waals surface area contributed by atoms with Crippen molar-refractivity contribution in [2.75, 3.05) is 0 Å². The number of nitrogens with one attached hydrogen (secondary N) is 1. The highest BCUT2D eigenvalue weighted by Gasteiger charge is 2.17. The van der Waals surface area contributed by atoms with Gasteiger partial charge in [0.05, 0.1) is 6.04 Å². The van der Waals surface area contributed by atoms with Gasteiger partial charge >= 0.3 is 0 Å². The number of hydrogen-bond donors (Lipinski definition) is 1. The molecule has 0 bridgehead atoms. The lowest BCUT2D eigenvalue weighted by Gasteiger charge is -2.17. The van der Waals surface area contributed by atoms with Gasteiger partial charge in [-0.1, -0.05) is 41.4 Å². The van der Waals surface area contributed by atoms with Crippen molar-refractivity contribution in [1.29, 1.82) is 0 Å². The zero-order valence-electron chi connectivity index (χ0n) is 10.8. The number of carbonyl (C=O) groups excluding carboxylic acids is 1. The number of hydrogen-bond acceptors (Lipinski definition) is 1. The summed E-state index contributed by atoms with van der Waals surface area (Å²) in [5.74, 6) is 0.447. The second-order valence-corrected chi connectivity index (χ2v) is 5.77. The van der Waals surface area contributed by atoms with Crippen molar-refractivity contribution in [3.63, 3.8) is 0 Å². The SMILES string of the molecule is C[C@H](NC(=O)C[C@H]1C=CCC1)c1ccc(Cl)cc1Cl. The van der Waals surface area contributed by atoms with Crippen molar-refractivity contribution in [1.82, 2.24) is 5.32 Å². The van der Waals surface area contributed by atoms with Crippen LogP contribution in [-0.2, 0) is 4.79 Å². The molecule has 0 unspecified atom stereocenters. The normalized spacial score (nSPS) is 19.4. The molecule has 0 fully saturated rings. The zero-order valence-corrected chi connectivity index (χ0v) is 12.3. The number of carbonyl (C=O) groups is 1. The average molecular weight is 298 g/mol. The number of halogens is 2. The minimum absolute atomic E-state index is 0.0649. The van der Waals surface area contributed by atoms with Crippen LogP contribution >= 0.6 is 23.2 Å². The lowest BCUT2D eigenvalue weighted by molar-refractivity contribution is -0.122. The van der Waals surface area contributed by atoms with E-state index in [1.54, 1.807) is 12.1 Å². The Bertz CT molecular complexity index is 499. The highest BCUT2D eigenvalue weighted by Crippen LogP contribution is 2.26. The van der Waals surface area contributed by atoms with E-state index in [2.05, 4.69) is 17.5 Å². The third kappa shape index (κ3) is 3.99. The molecule has 0 saturated carbocycles. The lowest BCUT2D eigenvalue weighted by atomic mass is 10.0. The minimum atomic E-state index is -0.109. The molecule has 19 heavy (non-hydrogen) atoms. The maximum Gasteiger partial charge on any atom is 0.221 e. The van der Waals surface area contributed by atoms with Crippen LogP contribution in [0.3, 0.4) is 0 Å². The van der Waals surface area contributed by atoms with Crippen molar-refractivity contribution < 1.29 is 4.79 Å². The molecule has 1 aliphatic rings. The van der Waals surface area contributed by atoms with Crippen LogP contribution in [0.4, 0.5) is 0 Å². The molecule has 1 amide bonds. The predicted octanol–water partition coefficient (Wildman–Crippen LogP) is 4.53. The molecule has 4 heteroatoms. The number of benzene rings is 1. The molecular formula is C15H17Cl2NO. The highest BCUT2D eigenvalue weighted by atomic mass is 35.5. The Morgan fingerprint density at radius 1 is 1.47 bits per heavy atom. The van der Waals surface area contributed by atoms with Gasteiger partial charge in [0.1, 0.15) is 0 Å². The first-order chi connectivity index (χ1) is 9.06. The Hall–Kier alpha value is -0.990. The average Bonchev–Trinajstić information content (AvgIpc) is 2.81. The van der Waals surface area contributed by atoms with E-state index in [1.807, 2.05) is 13.0 Å². The number of allylic oxidation sites excluding steroid dienone is 2. The molecule has 0 aromatic heterocycles. The van der Waals surface area contributed by atoms with Crippen molar-refractivity contribution in [2.45, 2.75) is 32.2 Å². The van der Waals surface area contributed by atoms with E-state index in [9.17, 15) is 4.79 Å². The van der Waals surface area contributed by atoms with Gasteiger partial charge in [-0.25, -0.2) is 0 Å². The minimum Gasteiger partial charge on any atom is -0.350 e. The first-order valence-corrected chi connectivity index (χ1v) is 7.23. The van der Waals surface area contributed by atoms with Gasteiger partial charge in [-0.05, 0) is 43.4 Å². The van der Waals surface area contributed by atoms with Crippen LogP contribution in [-0.4, -0.2) is 5.91 Å². The summed E-state index contributed by atoms with van der Waals surface area (Å²) in [5.41, 5.74) is 0.890. The van der Waals surface area contributed by atoms with Crippen LogP contribution in [0.2, 0.25) is 10.0 Å². The Morgan fingerprint density at radius 3 is 2.89 bits per heavy atom. The second kappa shape index (κ2) is 6.44. The topological polar surface area (TPSA) is 29.1 Å². The third-order valence-corrected chi connectivity index (χ3v) is 3.93. The summed E-state index contributed by atoms with van der Waals surface area (Å²) in [6, 6.07) is 5.22. The standard InChI is InChI=1S/C15H17Cl2NO/c1-10(13-7-6-12(16)9-14(13)17)18-15(19)8-11-4-2-3-5-11/h2,4,6-7,9-11H,3,5,8H2,1H3,(H,18,19)/t10-,11-/m0/s1. The van der Waals surface area contributed by atoms with Gasteiger partial charge in [0, 0.05) is 16.5 Å². The molecule has 2 rings (SSSR count). The van der Waals surface area contributed by atoms with Crippen molar-refractivity contribution >= 4 is 29.1 Å². The van der Waals surface area contributed by atoms with E-state index in [-0.39, 0.29) is 11.9 Å². The predicted molar refractivity (Wildman–Crippen MR) is 79.5 cm³/mol. The van der Waals surface area contributed by atoms with Crippen molar-refractivity contribution in [2.24, 2.45) is 5.92 Å². The van der Waals surface area contributed by atoms with Gasteiger partial charge in [0.25, 0.3) is 0 Å². The Balaban J connectivity index is 1.94. The molecule has 2 atom stereocenters. The van der Waals surface area contributed by atoms with Gasteiger partial charge in [-0.2, -0.15) is 0 Å². The van der Waals surface area contributed by atoms with E-state index in [4.69, 9.17) is 23.2 Å². The summed E-state index contributed by atoms with van der Waals surface area (Å²) in [5, 5.41) is 4.17. The van der Waals surface area contributed by atoms with Crippen LogP contribution in [0.15, 0.2) is 30.4 Å². The molecule has 0 aliphatic heterocycles. The third-order valence-electron chi connectivity index (χ3n) is 3.37. The highest BCUT2D eigenvalue weighted by molar-refractivity contribution is 6.35. The largest absolute Gasteiger partial charge is 0.350 e. The van der Waals surface area contributed by atoms with E-state index in [0.717, 1.165) is 18.4 Å². The molecule has 1 aromatic carbocycles. The fraction of sp³-hybridized carbons (Fsp3) is 0.400. The van der Waals surface area contributed by atoms with Crippen LogP contribution in [0.5, 0.6) is 0 Å². The first-order valence-electron chi connectivity index (χ1n) is 6.47. The molecule has 0 saturated heterocycles. The maximum atomic E-state index is 11.9. The maximum absolute atomic E-state index is 11.9. The molecule has 1 N–H and O–H groups in total. The Labute approximate surface area is 123 Å². The summed E-state index contributed by atoms with van der Waals surface area (Å²) in [4.78, 5) is 11.9. The summed E-state index contributed by atoms with van der Waals surface area (Å²) in [7, 11) is 0. The molecule has 0 heterocycles. The number of rotatable bonds is 4. The Morgan fingerprint density at radius 2 is 2.26 bits per heavy atom. The molecule has 1 aromatic rings. The Kier molecular flexibility index (Phi) is 4.89. The quantitative estimate of drug-likeness (QED) is 0.813. The zero-order chi connectivity index (χ0) is 13.8. The molecule has 0 radical (unpaired) electrons. The van der Waals surface area contributed by atoms with Gasteiger partial charge in [-0.15, -0.1) is 0 Å². The van der Waals surface area contributed by atoms with Crippen molar-refractivity contribution in [3.05, 3.63) is 46.0 Å². The summed E-state index contributed by atoms with van der Waals surface area (Å²) in [6.45, 7) is 1.93. The van der Waals surface area contributed by atoms with E-state index in [1.165, 1.54) is 0 Å². The number of amides is 1. The van der Waals surface area contributed by atoms with Crippen LogP contribution in [0, 0.1) is 5.92 Å². The van der Waals surface area contributed by atoms with Crippen LogP contribution in [0.1, 0.15) is 37.8 Å². The fourth-order valence-electron chi connectivity index (χ4n) is 2.33. The van der Waals surface area contributed by atoms with E-state index >= 15 is 0 Å². The van der Waals surface area contributed by atoms with E-state index in [0.29, 0.717) is 22.4 Å². The molecule has 1 aliphatic carbocycles. The van der Waals surface area contributed by atoms with Gasteiger partial charge < -0.3 is 5.32 Å². The summed E-state index contributed by atoms with van der Waals surface area (Å²) >= 11 is 12.0. The van der Waals surface area contributed by atoms with Gasteiger partial charge in [0.2, 0.25) is 5.91 Å². The fourth-order valence-corrected chi connectivity index (χ4v) is 2.91. The first kappa shape index (κ1) is 14.4. The molecular weight excluding hydrogens is 281 g/mol. The summed E-state index contributed by atoms with van der Waals surface area (Å²) < 4.78 is 0. The molecule has 102 valence electrons. The van der Waals surface area contributed by atoms with E-state index < -0.39 is 0 Å². The monoisotopic (exact) mass is 297 g/mol. The van der Waals surface area contributed by atoms with Gasteiger partial charge in [-0.3, -0.25) is 4.79 Å². The smallest absolute Gasteiger partial charge is 0.221 e. The van der Waals surface area contributed by atoms with Crippen LogP contribution < -0.4 is 5.32 Å². The van der Waals surface area contributed by atoms with Gasteiger partial charge in [0.15, 0.2) is 0 Å². The second-order valence-electron chi connectivity index (χ2n) is 4.92. The summed E-state index contributed by atoms with van der Waals surface area (Å²) in [6.07, 6.45) is 6.96. The van der Waals surface area contributed by atoms with Crippen molar-refractivity contribution in [3.8, 4) is 0 Å². The lowest BCUT2D eigenvalue weighted by Crippen LogP contribution is -2.28. The molecule has 2 nitrogen and oxygen atoms in total. The molecule has 0 spiro atoms. The van der Waals surface area contributed by atoms with Crippen LogP contribution in [0.25, 0.3) is 0 Å².